The molecule has 0 atom stereocenters. The van der Waals surface area contributed by atoms with Crippen molar-refractivity contribution in [1.82, 2.24) is 19.9 Å². The van der Waals surface area contributed by atoms with Crippen LogP contribution in [0.15, 0.2) is 167 Å². The first kappa shape index (κ1) is 42.9. The lowest BCUT2D eigenvalue weighted by atomic mass is 9.93. The van der Waals surface area contributed by atoms with E-state index in [0.29, 0.717) is 41.0 Å². The van der Waals surface area contributed by atoms with Crippen LogP contribution in [0.5, 0.6) is 0 Å². The second-order valence-corrected chi connectivity index (χ2v) is 15.5. The maximum atomic E-state index is 14.2. The van der Waals surface area contributed by atoms with E-state index in [1.54, 1.807) is 18.3 Å². The summed E-state index contributed by atoms with van der Waals surface area (Å²) in [5.74, 6) is -0.0536. The highest BCUT2D eigenvalue weighted by Gasteiger charge is 2.53. The van der Waals surface area contributed by atoms with E-state index in [-0.39, 0.29) is 5.56 Å². The molecule has 4 aromatic heterocycles. The Morgan fingerprint density at radius 2 is 0.896 bits per heavy atom. The molecule has 6 aromatic carbocycles. The highest BCUT2D eigenvalue weighted by Crippen LogP contribution is 2.52. The van der Waals surface area contributed by atoms with Crippen molar-refractivity contribution in [2.45, 2.75) is 25.5 Å². The van der Waals surface area contributed by atoms with Gasteiger partial charge in [0.05, 0.1) is 28.2 Å². The lowest BCUT2D eigenvalue weighted by Gasteiger charge is -2.22. The monoisotopic (exact) mass is 912 g/mol. The van der Waals surface area contributed by atoms with Crippen molar-refractivity contribution >= 4 is 22.2 Å². The molecule has 15 heteroatoms. The standard InChI is InChI=1S/C52H29F9N4O2/c1-28-42(50(53,54)55)43(51(56,57)58)44(52(59,60)61)47-45(28)65-49(67-47)36-23-15-31(16-24-36)29-9-17-33(18-10-29)37-25-26-39(38-6-4-5-27-62-38)63-46(37)34-19-11-30(12-20-34)32-13-21-35(22-14-32)48-64-40-7-2-3-8-41(40)66-48/h2-27H,1H3. The van der Waals surface area contributed by atoms with Crippen LogP contribution in [0, 0.1) is 6.92 Å². The smallest absolute Gasteiger partial charge is 0.420 e. The average Bonchev–Trinajstić information content (AvgIpc) is 3.97. The van der Waals surface area contributed by atoms with Gasteiger partial charge in [-0.05, 0) is 101 Å². The van der Waals surface area contributed by atoms with E-state index in [4.69, 9.17) is 13.8 Å². The lowest BCUT2D eigenvalue weighted by molar-refractivity contribution is -0.174. The van der Waals surface area contributed by atoms with Crippen molar-refractivity contribution in [3.8, 4) is 78.9 Å². The van der Waals surface area contributed by atoms with Gasteiger partial charge >= 0.3 is 18.5 Å². The molecule has 10 aromatic rings. The van der Waals surface area contributed by atoms with E-state index in [1.165, 1.54) is 12.1 Å². The number of nitrogens with zero attached hydrogens (tertiary/aromatic N) is 4. The van der Waals surface area contributed by atoms with E-state index in [9.17, 15) is 39.5 Å². The van der Waals surface area contributed by atoms with E-state index >= 15 is 0 Å². The Balaban J connectivity index is 0.950. The SMILES string of the molecule is Cc1c(C(F)(F)F)c(C(F)(F)F)c(C(F)(F)F)c2oc(-c3ccc(-c4ccc(-c5ccc(-c6ccccn6)nc5-c5ccc(-c6ccc(-c7nc8ccccc8o7)cc6)cc5)cc4)cc3)nc12. The van der Waals surface area contributed by atoms with Crippen molar-refractivity contribution in [2.24, 2.45) is 0 Å². The molecule has 332 valence electrons. The Kier molecular flexibility index (Phi) is 10.3. The Labute approximate surface area is 374 Å². The summed E-state index contributed by atoms with van der Waals surface area (Å²) in [6.45, 7) is 0.632. The second-order valence-electron chi connectivity index (χ2n) is 15.5. The number of halogens is 9. The maximum Gasteiger partial charge on any atom is 0.420 e. The van der Waals surface area contributed by atoms with E-state index in [2.05, 4.69) is 15.0 Å². The van der Waals surface area contributed by atoms with Gasteiger partial charge in [0, 0.05) is 28.5 Å². The number of aromatic nitrogens is 4. The van der Waals surface area contributed by atoms with Gasteiger partial charge < -0.3 is 8.83 Å². The molecule has 4 heterocycles. The van der Waals surface area contributed by atoms with Gasteiger partial charge in [-0.25, -0.2) is 15.0 Å². The summed E-state index contributed by atoms with van der Waals surface area (Å²) >= 11 is 0. The van der Waals surface area contributed by atoms with Crippen LogP contribution in [0.2, 0.25) is 0 Å². The number of alkyl halides is 9. The molecule has 0 fully saturated rings. The number of rotatable bonds is 7. The number of fused-ring (bicyclic) bond motifs is 2. The predicted octanol–water partition coefficient (Wildman–Crippen LogP) is 15.8. The minimum atomic E-state index is -6.02. The van der Waals surface area contributed by atoms with Crippen LogP contribution in [0.3, 0.4) is 0 Å². The predicted molar refractivity (Wildman–Crippen MR) is 235 cm³/mol. The molecule has 0 aliphatic heterocycles. The van der Waals surface area contributed by atoms with Gasteiger partial charge in [0.2, 0.25) is 11.8 Å². The summed E-state index contributed by atoms with van der Waals surface area (Å²) in [5.41, 5.74) is -1.25. The van der Waals surface area contributed by atoms with Crippen LogP contribution in [0.25, 0.3) is 101 Å². The molecular weight excluding hydrogens is 884 g/mol. The average molecular weight is 913 g/mol. The highest BCUT2D eigenvalue weighted by molar-refractivity contribution is 5.88. The summed E-state index contributed by atoms with van der Waals surface area (Å²) in [6.07, 6.45) is -16.0. The van der Waals surface area contributed by atoms with Crippen molar-refractivity contribution in [3.63, 3.8) is 0 Å². The summed E-state index contributed by atoms with van der Waals surface area (Å²) in [7, 11) is 0. The van der Waals surface area contributed by atoms with Crippen LogP contribution in [0.1, 0.15) is 22.3 Å². The first-order valence-corrected chi connectivity index (χ1v) is 20.4. The number of hydrogen-bond donors (Lipinski definition) is 0. The third kappa shape index (κ3) is 8.06. The Hall–Kier alpha value is -8.07. The quantitative estimate of drug-likeness (QED) is 0.148. The topological polar surface area (TPSA) is 77.8 Å². The molecule has 0 unspecified atom stereocenters. The number of hydrogen-bond acceptors (Lipinski definition) is 6. The third-order valence-corrected chi connectivity index (χ3v) is 11.3. The number of oxazole rings is 2. The van der Waals surface area contributed by atoms with Gasteiger partial charge in [-0.2, -0.15) is 39.5 Å². The normalized spacial score (nSPS) is 12.3. The fourth-order valence-electron chi connectivity index (χ4n) is 8.16. The lowest BCUT2D eigenvalue weighted by Crippen LogP contribution is -2.24. The van der Waals surface area contributed by atoms with Gasteiger partial charge in [-0.15, -0.1) is 0 Å². The first-order valence-electron chi connectivity index (χ1n) is 20.4. The summed E-state index contributed by atoms with van der Waals surface area (Å²) in [4.78, 5) is 18.0. The maximum absolute atomic E-state index is 14.2. The minimum absolute atomic E-state index is 0.0259. The largest absolute Gasteiger partial charge is 0.436 e. The van der Waals surface area contributed by atoms with Crippen LogP contribution >= 0.6 is 0 Å². The number of para-hydroxylation sites is 2. The van der Waals surface area contributed by atoms with Crippen LogP contribution in [-0.2, 0) is 18.5 Å². The Bertz CT molecular complexity index is 3420. The van der Waals surface area contributed by atoms with Crippen LogP contribution < -0.4 is 0 Å². The fraction of sp³-hybridized carbons (Fsp3) is 0.0769. The van der Waals surface area contributed by atoms with Crippen LogP contribution in [-0.4, -0.2) is 19.9 Å². The van der Waals surface area contributed by atoms with Gasteiger partial charge in [0.25, 0.3) is 0 Å². The fourth-order valence-corrected chi connectivity index (χ4v) is 8.16. The second kappa shape index (κ2) is 16.1. The number of aryl methyl sites for hydroxylation is 1. The molecule has 0 spiro atoms. The molecule has 67 heavy (non-hydrogen) atoms. The minimum Gasteiger partial charge on any atom is -0.436 e. The highest BCUT2D eigenvalue weighted by atomic mass is 19.4. The van der Waals surface area contributed by atoms with Gasteiger partial charge in [0.15, 0.2) is 11.2 Å². The molecule has 0 radical (unpaired) electrons. The zero-order chi connectivity index (χ0) is 46.8. The summed E-state index contributed by atoms with van der Waals surface area (Å²) in [6, 6.07) is 46.5. The van der Waals surface area contributed by atoms with E-state index < -0.39 is 57.8 Å². The van der Waals surface area contributed by atoms with Gasteiger partial charge in [-0.1, -0.05) is 91.0 Å². The van der Waals surface area contributed by atoms with E-state index in [1.807, 2.05) is 127 Å². The molecule has 10 rings (SSSR count). The molecule has 0 bridgehead atoms. The summed E-state index contributed by atoms with van der Waals surface area (Å²) in [5, 5.41) is 0. The summed E-state index contributed by atoms with van der Waals surface area (Å²) < 4.78 is 138. The van der Waals surface area contributed by atoms with Crippen molar-refractivity contribution in [1.29, 1.82) is 0 Å². The molecular formula is C52H29F9N4O2. The van der Waals surface area contributed by atoms with Crippen LogP contribution in [0.4, 0.5) is 39.5 Å². The first-order chi connectivity index (χ1) is 32.0. The van der Waals surface area contributed by atoms with Crippen molar-refractivity contribution < 1.29 is 48.3 Å². The third-order valence-electron chi connectivity index (χ3n) is 11.3. The Morgan fingerprint density at radius 1 is 0.403 bits per heavy atom. The van der Waals surface area contributed by atoms with Gasteiger partial charge in [-0.3, -0.25) is 4.98 Å². The number of pyridine rings is 2. The molecule has 0 amide bonds. The molecule has 0 N–H and O–H groups in total. The van der Waals surface area contributed by atoms with Crippen molar-refractivity contribution in [3.05, 3.63) is 180 Å². The molecule has 0 aliphatic carbocycles. The Morgan fingerprint density at radius 3 is 1.42 bits per heavy atom. The zero-order valence-electron chi connectivity index (χ0n) is 34.5. The van der Waals surface area contributed by atoms with Gasteiger partial charge in [0.1, 0.15) is 16.6 Å². The molecule has 0 saturated heterocycles. The zero-order valence-corrected chi connectivity index (χ0v) is 34.5. The van der Waals surface area contributed by atoms with Crippen molar-refractivity contribution in [2.75, 3.05) is 0 Å². The molecule has 0 aliphatic rings. The number of benzene rings is 6. The molecule has 0 saturated carbocycles. The molecule has 6 nitrogen and oxygen atoms in total. The van der Waals surface area contributed by atoms with E-state index in [0.717, 1.165) is 44.5 Å².